The Labute approximate surface area is 187 Å². The summed E-state index contributed by atoms with van der Waals surface area (Å²) in [6, 6.07) is 13.5. The lowest BCUT2D eigenvalue weighted by molar-refractivity contribution is -0.112. The second-order valence-corrected chi connectivity index (χ2v) is 8.49. The van der Waals surface area contributed by atoms with Crippen molar-refractivity contribution in [2.75, 3.05) is 42.8 Å². The summed E-state index contributed by atoms with van der Waals surface area (Å²) in [6.07, 6.45) is 3.91. The van der Waals surface area contributed by atoms with E-state index in [-0.39, 0.29) is 11.7 Å². The Morgan fingerprint density at radius 1 is 1.23 bits per heavy atom. The monoisotopic (exact) mass is 444 g/mol. The third kappa shape index (κ3) is 7.27. The highest BCUT2D eigenvalue weighted by atomic mass is 32.2. The zero-order chi connectivity index (χ0) is 22.1. The van der Waals surface area contributed by atoms with Gasteiger partial charge in [-0.3, -0.25) is 14.1 Å². The third-order valence-electron chi connectivity index (χ3n) is 4.64. The molecule has 0 bridgehead atoms. The molecular formula is C23H29FN4O2S. The standard InChI is InChI=1S/C23H29FN4O2S/c1-3-13-27(2)31-15-4-14-30-22-11-9-21(10-12-22)28-17-18(16-25-28)23(29)26-20-7-5-19(24)6-8-20/h5-12,17,25H,3-4,13-16H2,1-2H3,(H,26,29). The molecule has 0 atom stereocenters. The number of hydrogen-bond donors (Lipinski definition) is 2. The van der Waals surface area contributed by atoms with Crippen LogP contribution in [0.4, 0.5) is 15.8 Å². The van der Waals surface area contributed by atoms with Crippen LogP contribution in [0, 0.1) is 5.82 Å². The fourth-order valence-electron chi connectivity index (χ4n) is 3.02. The number of benzene rings is 2. The molecule has 0 radical (unpaired) electrons. The number of ether oxygens (including phenoxy) is 1. The molecule has 1 amide bonds. The van der Waals surface area contributed by atoms with Gasteiger partial charge in [-0.1, -0.05) is 18.9 Å². The molecule has 1 aliphatic rings. The van der Waals surface area contributed by atoms with Crippen molar-refractivity contribution in [3.63, 3.8) is 0 Å². The largest absolute Gasteiger partial charge is 0.494 e. The van der Waals surface area contributed by atoms with Gasteiger partial charge in [0.1, 0.15) is 11.6 Å². The quantitative estimate of drug-likeness (QED) is 0.395. The van der Waals surface area contributed by atoms with Crippen LogP contribution in [-0.2, 0) is 4.79 Å². The first kappa shape index (κ1) is 23.1. The number of hydrazine groups is 1. The van der Waals surface area contributed by atoms with Crippen LogP contribution in [0.2, 0.25) is 0 Å². The van der Waals surface area contributed by atoms with E-state index in [4.69, 9.17) is 4.74 Å². The van der Waals surface area contributed by atoms with E-state index in [1.165, 1.54) is 24.3 Å². The van der Waals surface area contributed by atoms with Crippen LogP contribution in [0.25, 0.3) is 0 Å². The van der Waals surface area contributed by atoms with Gasteiger partial charge in [0.15, 0.2) is 0 Å². The minimum Gasteiger partial charge on any atom is -0.494 e. The highest BCUT2D eigenvalue weighted by molar-refractivity contribution is 7.96. The van der Waals surface area contributed by atoms with Crippen LogP contribution in [-0.4, -0.2) is 42.7 Å². The van der Waals surface area contributed by atoms with Crippen molar-refractivity contribution in [1.82, 2.24) is 9.73 Å². The molecule has 0 aromatic heterocycles. The molecule has 2 aromatic carbocycles. The lowest BCUT2D eigenvalue weighted by Crippen LogP contribution is -2.28. The summed E-state index contributed by atoms with van der Waals surface area (Å²) in [5.74, 6) is 1.31. The van der Waals surface area contributed by atoms with E-state index < -0.39 is 0 Å². The van der Waals surface area contributed by atoms with E-state index in [2.05, 4.69) is 29.0 Å². The van der Waals surface area contributed by atoms with Gasteiger partial charge in [-0.2, -0.15) is 0 Å². The van der Waals surface area contributed by atoms with Crippen LogP contribution in [0.15, 0.2) is 60.3 Å². The Hall–Kier alpha value is -2.55. The van der Waals surface area contributed by atoms with Gasteiger partial charge < -0.3 is 10.1 Å². The van der Waals surface area contributed by atoms with Crippen LogP contribution < -0.4 is 20.5 Å². The highest BCUT2D eigenvalue weighted by Gasteiger charge is 2.19. The fraction of sp³-hybridized carbons (Fsp3) is 0.348. The summed E-state index contributed by atoms with van der Waals surface area (Å²) in [7, 11) is 2.12. The lowest BCUT2D eigenvalue weighted by Gasteiger charge is -2.16. The molecule has 3 rings (SSSR count). The molecule has 0 fully saturated rings. The van der Waals surface area contributed by atoms with E-state index in [1.807, 2.05) is 41.2 Å². The molecule has 1 aliphatic heterocycles. The summed E-state index contributed by atoms with van der Waals surface area (Å²) in [6.45, 7) is 4.37. The van der Waals surface area contributed by atoms with Gasteiger partial charge in [0, 0.05) is 30.7 Å². The Morgan fingerprint density at radius 3 is 2.68 bits per heavy atom. The minimum absolute atomic E-state index is 0.219. The van der Waals surface area contributed by atoms with E-state index in [0.29, 0.717) is 24.4 Å². The SMILES string of the molecule is CCCN(C)SCCCOc1ccc(N2C=C(C(=O)Nc3ccc(F)cc3)CN2)cc1. The summed E-state index contributed by atoms with van der Waals surface area (Å²) >= 11 is 1.84. The Kier molecular flexibility index (Phi) is 8.75. The second-order valence-electron chi connectivity index (χ2n) is 7.20. The molecule has 0 aliphatic carbocycles. The highest BCUT2D eigenvalue weighted by Crippen LogP contribution is 2.22. The van der Waals surface area contributed by atoms with Crippen molar-refractivity contribution >= 4 is 29.2 Å². The summed E-state index contributed by atoms with van der Waals surface area (Å²) in [5.41, 5.74) is 5.23. The van der Waals surface area contributed by atoms with Crippen molar-refractivity contribution in [1.29, 1.82) is 0 Å². The second kappa shape index (κ2) is 11.7. The Morgan fingerprint density at radius 2 is 1.97 bits per heavy atom. The number of carbonyl (C=O) groups is 1. The van der Waals surface area contributed by atoms with Gasteiger partial charge >= 0.3 is 0 Å². The average molecular weight is 445 g/mol. The molecule has 31 heavy (non-hydrogen) atoms. The summed E-state index contributed by atoms with van der Waals surface area (Å²) < 4.78 is 21.1. The first-order valence-corrected chi connectivity index (χ1v) is 11.4. The van der Waals surface area contributed by atoms with Crippen molar-refractivity contribution in [3.8, 4) is 5.75 Å². The van der Waals surface area contributed by atoms with Crippen LogP contribution in [0.1, 0.15) is 19.8 Å². The predicted molar refractivity (Wildman–Crippen MR) is 126 cm³/mol. The lowest BCUT2D eigenvalue weighted by atomic mass is 10.2. The number of halogens is 1. The van der Waals surface area contributed by atoms with Gasteiger partial charge in [0.2, 0.25) is 0 Å². The van der Waals surface area contributed by atoms with Crippen molar-refractivity contribution < 1.29 is 13.9 Å². The molecule has 8 heteroatoms. The Balaban J connectivity index is 1.44. The molecule has 0 saturated carbocycles. The molecule has 2 N–H and O–H groups in total. The maximum Gasteiger partial charge on any atom is 0.254 e. The molecule has 166 valence electrons. The smallest absolute Gasteiger partial charge is 0.254 e. The first-order chi connectivity index (χ1) is 15.0. The van der Waals surface area contributed by atoms with E-state index >= 15 is 0 Å². The van der Waals surface area contributed by atoms with Crippen molar-refractivity contribution in [2.24, 2.45) is 0 Å². The molecular weight excluding hydrogens is 415 g/mol. The molecule has 2 aromatic rings. The van der Waals surface area contributed by atoms with E-state index in [1.54, 1.807) is 6.20 Å². The maximum absolute atomic E-state index is 13.0. The fourth-order valence-corrected chi connectivity index (χ4v) is 3.89. The van der Waals surface area contributed by atoms with Gasteiger partial charge in [0.05, 0.1) is 17.9 Å². The number of rotatable bonds is 11. The third-order valence-corrected chi connectivity index (χ3v) is 5.74. The van der Waals surface area contributed by atoms with E-state index in [9.17, 15) is 9.18 Å². The molecule has 1 heterocycles. The van der Waals surface area contributed by atoms with Crippen molar-refractivity contribution in [2.45, 2.75) is 19.8 Å². The normalized spacial score (nSPS) is 13.4. The molecule has 0 unspecified atom stereocenters. The Bertz CT molecular complexity index is 874. The number of nitrogens with zero attached hydrogens (tertiary/aromatic N) is 2. The topological polar surface area (TPSA) is 56.8 Å². The number of carbonyl (C=O) groups excluding carboxylic acids is 1. The van der Waals surface area contributed by atoms with E-state index in [0.717, 1.165) is 36.6 Å². The maximum atomic E-state index is 13.0. The number of anilines is 2. The minimum atomic E-state index is -0.336. The summed E-state index contributed by atoms with van der Waals surface area (Å²) in [5, 5.41) is 4.58. The zero-order valence-corrected chi connectivity index (χ0v) is 18.8. The average Bonchev–Trinajstić information content (AvgIpc) is 3.26. The van der Waals surface area contributed by atoms with Gasteiger partial charge in [-0.25, -0.2) is 9.82 Å². The molecule has 6 nitrogen and oxygen atoms in total. The summed E-state index contributed by atoms with van der Waals surface area (Å²) in [4.78, 5) is 12.4. The van der Waals surface area contributed by atoms with Crippen LogP contribution in [0.3, 0.4) is 0 Å². The molecule has 0 saturated heterocycles. The van der Waals surface area contributed by atoms with Gasteiger partial charge in [-0.15, -0.1) is 0 Å². The molecule has 0 spiro atoms. The number of nitrogens with one attached hydrogen (secondary N) is 2. The van der Waals surface area contributed by atoms with Gasteiger partial charge in [0.25, 0.3) is 5.91 Å². The van der Waals surface area contributed by atoms with Crippen molar-refractivity contribution in [3.05, 3.63) is 66.1 Å². The first-order valence-electron chi connectivity index (χ1n) is 10.4. The zero-order valence-electron chi connectivity index (χ0n) is 17.9. The van der Waals surface area contributed by atoms with Crippen LogP contribution >= 0.6 is 11.9 Å². The van der Waals surface area contributed by atoms with Gasteiger partial charge in [-0.05, 0) is 68.4 Å². The number of hydrogen-bond acceptors (Lipinski definition) is 6. The predicted octanol–water partition coefficient (Wildman–Crippen LogP) is 4.43. The number of amides is 1. The van der Waals surface area contributed by atoms with Crippen LogP contribution in [0.5, 0.6) is 5.75 Å².